The van der Waals surface area contributed by atoms with Gasteiger partial charge in [0.2, 0.25) is 0 Å². The topological polar surface area (TPSA) is 137 Å². The lowest BCUT2D eigenvalue weighted by Crippen LogP contribution is -2.66. The molecule has 13 atom stereocenters. The van der Waals surface area contributed by atoms with Gasteiger partial charge < -0.3 is 35.0 Å². The Hall–Kier alpha value is -1.03. The van der Waals surface area contributed by atoms with Crippen LogP contribution in [0.3, 0.4) is 0 Å². The van der Waals surface area contributed by atoms with E-state index < -0.39 is 41.4 Å². The zero-order valence-corrected chi connectivity index (χ0v) is 27.1. The summed E-state index contributed by atoms with van der Waals surface area (Å²) in [7, 11) is 0. The van der Waals surface area contributed by atoms with E-state index in [4.69, 9.17) is 9.47 Å². The lowest BCUT2D eigenvalue weighted by atomic mass is 9.33. The van der Waals surface area contributed by atoms with Crippen LogP contribution in [0.5, 0.6) is 0 Å². The first-order chi connectivity index (χ1) is 20.0. The first kappa shape index (κ1) is 31.9. The fourth-order valence-corrected chi connectivity index (χ4v) is 11.9. The Morgan fingerprint density at radius 2 is 1.63 bits per heavy atom. The largest absolute Gasteiger partial charge is 0.481 e. The average Bonchev–Trinajstić information content (AvgIpc) is 2.94. The van der Waals surface area contributed by atoms with Gasteiger partial charge in [-0.25, -0.2) is 0 Å². The standard InChI is InChI=1S/C35H56O8/c1-30(2)13-15-35(29(40)41)16-14-33(5)20(21(35)17-30)7-8-24-31(3)11-10-25(43-28-27(39)26(38)22(37)18-42-28)32(4,19-36)23(31)9-12-34(24,33)6/h7,21-28,36-39H,8-19H2,1-6H3,(H,40,41)/t21-,22+,23-,24-,25-,26-,27+,28-,31+,32-,33-,34-,35-/m1/s1. The molecule has 6 rings (SSSR count). The summed E-state index contributed by atoms with van der Waals surface area (Å²) < 4.78 is 12.0. The van der Waals surface area contributed by atoms with Crippen molar-refractivity contribution in [1.82, 2.24) is 0 Å². The number of fused-ring (bicyclic) bond motifs is 7. The molecule has 244 valence electrons. The Morgan fingerprint density at radius 1 is 0.930 bits per heavy atom. The first-order valence-corrected chi connectivity index (χ1v) is 16.9. The number of aliphatic hydroxyl groups excluding tert-OH is 4. The van der Waals surface area contributed by atoms with E-state index in [-0.39, 0.29) is 52.8 Å². The fourth-order valence-electron chi connectivity index (χ4n) is 11.9. The Kier molecular flexibility index (Phi) is 7.60. The van der Waals surface area contributed by atoms with Gasteiger partial charge in [0.05, 0.1) is 24.7 Å². The molecule has 8 nitrogen and oxygen atoms in total. The number of ether oxygens (including phenoxy) is 2. The molecule has 0 aromatic heterocycles. The molecule has 0 aromatic rings. The summed E-state index contributed by atoms with van der Waals surface area (Å²) in [5.41, 5.74) is 0.232. The van der Waals surface area contributed by atoms with Crippen LogP contribution >= 0.6 is 0 Å². The van der Waals surface area contributed by atoms with Crippen molar-refractivity contribution in [2.45, 2.75) is 136 Å². The molecule has 43 heavy (non-hydrogen) atoms. The number of allylic oxidation sites excluding steroid dienone is 2. The Bertz CT molecular complexity index is 1150. The molecule has 8 heteroatoms. The average molecular weight is 605 g/mol. The maximum Gasteiger partial charge on any atom is 0.310 e. The van der Waals surface area contributed by atoms with Crippen molar-refractivity contribution in [2.75, 3.05) is 13.2 Å². The number of carboxylic acid groups (broad SMARTS) is 1. The molecular formula is C35H56O8. The predicted molar refractivity (Wildman–Crippen MR) is 161 cm³/mol. The molecule has 0 aromatic carbocycles. The number of hydrogen-bond donors (Lipinski definition) is 5. The highest BCUT2D eigenvalue weighted by molar-refractivity contribution is 5.76. The minimum atomic E-state index is -1.36. The Labute approximate surface area is 257 Å². The van der Waals surface area contributed by atoms with Gasteiger partial charge >= 0.3 is 5.97 Å². The highest BCUT2D eigenvalue weighted by atomic mass is 16.7. The number of hydrogen-bond acceptors (Lipinski definition) is 7. The molecule has 4 saturated carbocycles. The van der Waals surface area contributed by atoms with Crippen molar-refractivity contribution >= 4 is 5.97 Å². The van der Waals surface area contributed by atoms with Crippen LogP contribution in [-0.2, 0) is 14.3 Å². The predicted octanol–water partition coefficient (Wildman–Crippen LogP) is 4.67. The van der Waals surface area contributed by atoms with Crippen LogP contribution in [0.25, 0.3) is 0 Å². The van der Waals surface area contributed by atoms with Crippen molar-refractivity contribution in [3.63, 3.8) is 0 Å². The molecule has 0 spiro atoms. The van der Waals surface area contributed by atoms with Crippen LogP contribution in [0.15, 0.2) is 11.6 Å². The number of carbonyl (C=O) groups is 1. The lowest BCUT2D eigenvalue weighted by molar-refractivity contribution is -0.312. The van der Waals surface area contributed by atoms with E-state index in [0.717, 1.165) is 57.8 Å². The maximum atomic E-state index is 12.9. The van der Waals surface area contributed by atoms with E-state index >= 15 is 0 Å². The molecule has 1 saturated heterocycles. The zero-order chi connectivity index (χ0) is 31.4. The van der Waals surface area contributed by atoms with Gasteiger partial charge in [0.1, 0.15) is 18.3 Å². The van der Waals surface area contributed by atoms with Gasteiger partial charge in [0.25, 0.3) is 0 Å². The van der Waals surface area contributed by atoms with Crippen molar-refractivity contribution in [3.8, 4) is 0 Å². The van der Waals surface area contributed by atoms with E-state index in [2.05, 4.69) is 47.6 Å². The van der Waals surface area contributed by atoms with Crippen LogP contribution in [0.2, 0.25) is 0 Å². The molecule has 0 amide bonds. The van der Waals surface area contributed by atoms with Crippen molar-refractivity contribution in [1.29, 1.82) is 0 Å². The summed E-state index contributed by atoms with van der Waals surface area (Å²) in [6, 6.07) is 0. The first-order valence-electron chi connectivity index (χ1n) is 16.9. The van der Waals surface area contributed by atoms with Gasteiger partial charge in [-0.1, -0.05) is 53.2 Å². The third kappa shape index (κ3) is 4.32. The fraction of sp³-hybridized carbons (Fsp3) is 0.914. The molecule has 0 unspecified atom stereocenters. The number of carboxylic acids is 1. The van der Waals surface area contributed by atoms with Crippen LogP contribution in [-0.4, -0.2) is 75.4 Å². The minimum Gasteiger partial charge on any atom is -0.481 e. The normalized spacial score (nSPS) is 54.3. The van der Waals surface area contributed by atoms with Crippen LogP contribution in [0, 0.1) is 50.2 Å². The number of aliphatic carboxylic acids is 1. The zero-order valence-electron chi connectivity index (χ0n) is 27.1. The lowest BCUT2D eigenvalue weighted by Gasteiger charge is -2.71. The molecule has 5 fully saturated rings. The SMILES string of the molecule is CC1(C)CC[C@@]2(C(=O)O)CC[C@]3(C)C(=CC[C@@H]4[C@@]5(C)CC[C@@H](O[C@H]6OC[C@H](O)[C@@H](O)[C@@H]6O)[C@](C)(CO)[C@@H]5CC[C@]43C)[C@H]2C1. The minimum absolute atomic E-state index is 0.0154. The van der Waals surface area contributed by atoms with Crippen LogP contribution in [0.4, 0.5) is 0 Å². The summed E-state index contributed by atoms with van der Waals surface area (Å²) in [6.07, 6.45) is 6.03. The van der Waals surface area contributed by atoms with Gasteiger partial charge in [0, 0.05) is 5.41 Å². The van der Waals surface area contributed by atoms with Crippen LogP contribution in [0.1, 0.15) is 106 Å². The van der Waals surface area contributed by atoms with Crippen LogP contribution < -0.4 is 0 Å². The van der Waals surface area contributed by atoms with Gasteiger partial charge in [-0.15, -0.1) is 0 Å². The second-order valence-electron chi connectivity index (χ2n) is 17.3. The quantitative estimate of drug-likeness (QED) is 0.231. The third-order valence-corrected chi connectivity index (χ3v) is 14.9. The summed E-state index contributed by atoms with van der Waals surface area (Å²) in [6.45, 7) is 13.9. The molecular weight excluding hydrogens is 548 g/mol. The van der Waals surface area contributed by atoms with E-state index in [1.807, 2.05) is 0 Å². The molecule has 5 aliphatic carbocycles. The van der Waals surface area contributed by atoms with Gasteiger partial charge in [-0.2, -0.15) is 0 Å². The highest BCUT2D eigenvalue weighted by Crippen LogP contribution is 2.76. The molecule has 6 aliphatic rings. The highest BCUT2D eigenvalue weighted by Gasteiger charge is 2.70. The van der Waals surface area contributed by atoms with Gasteiger partial charge in [-0.05, 0) is 104 Å². The van der Waals surface area contributed by atoms with Crippen molar-refractivity contribution < 1.29 is 39.8 Å². The number of aliphatic hydroxyl groups is 4. The molecule has 0 bridgehead atoms. The van der Waals surface area contributed by atoms with E-state index in [1.165, 1.54) is 5.57 Å². The molecule has 1 aliphatic heterocycles. The van der Waals surface area contributed by atoms with E-state index in [0.29, 0.717) is 12.3 Å². The van der Waals surface area contributed by atoms with Crippen molar-refractivity contribution in [3.05, 3.63) is 11.6 Å². The molecule has 5 N–H and O–H groups in total. The van der Waals surface area contributed by atoms with Gasteiger partial charge in [0.15, 0.2) is 6.29 Å². The second kappa shape index (κ2) is 10.2. The maximum absolute atomic E-state index is 12.9. The number of rotatable bonds is 4. The second-order valence-corrected chi connectivity index (χ2v) is 17.3. The third-order valence-electron chi connectivity index (χ3n) is 14.9. The van der Waals surface area contributed by atoms with E-state index in [9.17, 15) is 30.3 Å². The molecule has 1 heterocycles. The van der Waals surface area contributed by atoms with Crippen molar-refractivity contribution in [2.24, 2.45) is 50.2 Å². The molecule has 0 radical (unpaired) electrons. The van der Waals surface area contributed by atoms with Gasteiger partial charge in [-0.3, -0.25) is 4.79 Å². The van der Waals surface area contributed by atoms with E-state index in [1.54, 1.807) is 0 Å². The summed E-state index contributed by atoms with van der Waals surface area (Å²) in [4.78, 5) is 12.9. The monoisotopic (exact) mass is 604 g/mol. The summed E-state index contributed by atoms with van der Waals surface area (Å²) in [5.74, 6) is 0.0529. The Balaban J connectivity index is 1.32. The smallest absolute Gasteiger partial charge is 0.310 e. The Morgan fingerprint density at radius 3 is 2.30 bits per heavy atom. The summed E-state index contributed by atoms with van der Waals surface area (Å²) >= 11 is 0. The summed E-state index contributed by atoms with van der Waals surface area (Å²) in [5, 5.41) is 52.3.